The van der Waals surface area contributed by atoms with Crippen molar-refractivity contribution >= 4 is 78.4 Å². The van der Waals surface area contributed by atoms with Crippen LogP contribution >= 0.6 is 69.6 Å². The largest absolute Gasteiger partial charge is 0.694 e. The lowest BCUT2D eigenvalue weighted by molar-refractivity contribution is 0.189. The molecule has 0 saturated heterocycles. The molecular weight excluding hydrogens is 373 g/mol. The van der Waals surface area contributed by atoms with Crippen LogP contribution in [0, 0.1) is 0 Å². The molecule has 3 nitrogen and oxygen atoms in total. The highest BCUT2D eigenvalue weighted by Crippen LogP contribution is 2.19. The fourth-order valence-corrected chi connectivity index (χ4v) is 2.42. The molecule has 0 aromatic rings. The maximum absolute atomic E-state index is 5.39. The van der Waals surface area contributed by atoms with Crippen LogP contribution in [0.1, 0.15) is 0 Å². The zero-order valence-corrected chi connectivity index (χ0v) is 13.8. The summed E-state index contributed by atoms with van der Waals surface area (Å²) in [5, 5.41) is 0. The minimum atomic E-state index is -3.17. The van der Waals surface area contributed by atoms with Crippen molar-refractivity contribution < 1.29 is 13.3 Å². The van der Waals surface area contributed by atoms with Gasteiger partial charge in [0.25, 0.3) is 0 Å². The Balaban J connectivity index is 4.73. The van der Waals surface area contributed by atoms with Gasteiger partial charge in [0.05, 0.1) is 0 Å². The summed E-state index contributed by atoms with van der Waals surface area (Å²) in [6, 6.07) is 0. The molecule has 0 aliphatic carbocycles. The summed E-state index contributed by atoms with van der Waals surface area (Å²) in [4.78, 5) is 0. The zero-order chi connectivity index (χ0) is 13.5. The average molecular weight is 379 g/mol. The third kappa shape index (κ3) is 10.2. The number of hydrogen-bond acceptors (Lipinski definition) is 3. The van der Waals surface area contributed by atoms with Gasteiger partial charge < -0.3 is 13.3 Å². The summed E-state index contributed by atoms with van der Waals surface area (Å²) < 4.78 is 15.1. The van der Waals surface area contributed by atoms with Crippen molar-refractivity contribution in [3.63, 3.8) is 0 Å². The van der Waals surface area contributed by atoms with E-state index >= 15 is 0 Å². The highest BCUT2D eigenvalue weighted by molar-refractivity contribution is 6.62. The van der Waals surface area contributed by atoms with Crippen LogP contribution < -0.4 is 0 Å². The highest BCUT2D eigenvalue weighted by Gasteiger charge is 2.40. The lowest BCUT2D eigenvalue weighted by atomic mass is 11.2. The van der Waals surface area contributed by atoms with E-state index in [-0.39, 0.29) is 13.5 Å². The quantitative estimate of drug-likeness (QED) is 0.455. The van der Waals surface area contributed by atoms with Crippen LogP contribution in [0.2, 0.25) is 6.55 Å². The number of halogens is 6. The summed E-state index contributed by atoms with van der Waals surface area (Å²) in [5.41, 5.74) is 0. The fraction of sp³-hybridized carbons (Fsp3) is 0.143. The standard InChI is InChI=1S/C7H6Cl6O3Si/c1-17(14-2-5(8)9,15-3-6(10)11)16-4-7(12)13/h2-4H,1H3. The van der Waals surface area contributed by atoms with Crippen molar-refractivity contribution in [1.29, 1.82) is 0 Å². The molecule has 0 aliphatic rings. The molecule has 0 unspecified atom stereocenters. The highest BCUT2D eigenvalue weighted by atomic mass is 35.5. The fourth-order valence-electron chi connectivity index (χ4n) is 0.538. The molecular formula is C7H6Cl6O3Si. The van der Waals surface area contributed by atoms with E-state index in [1.807, 2.05) is 0 Å². The second kappa shape index (κ2) is 8.64. The summed E-state index contributed by atoms with van der Waals surface area (Å²) in [6.45, 7) is 1.51. The van der Waals surface area contributed by atoms with Gasteiger partial charge in [0.2, 0.25) is 0 Å². The summed E-state index contributed by atoms with van der Waals surface area (Å²) in [5.74, 6) is 0. The minimum absolute atomic E-state index is 0.113. The Bertz CT molecular complexity index is 280. The normalized spacial score (nSPS) is 10.1. The van der Waals surface area contributed by atoms with Gasteiger partial charge in [0.1, 0.15) is 32.3 Å². The van der Waals surface area contributed by atoms with Crippen molar-refractivity contribution in [2.75, 3.05) is 0 Å². The molecule has 0 aliphatic heterocycles. The second-order valence-corrected chi connectivity index (χ2v) is 7.89. The van der Waals surface area contributed by atoms with Crippen LogP contribution in [0.4, 0.5) is 0 Å². The van der Waals surface area contributed by atoms with Gasteiger partial charge in [-0.1, -0.05) is 69.6 Å². The SMILES string of the molecule is C[Si](OC=C(Cl)Cl)(OC=C(Cl)Cl)OC=C(Cl)Cl. The smallest absolute Gasteiger partial charge is 0.488 e. The Kier molecular flexibility index (Phi) is 8.93. The number of hydrogen-bond donors (Lipinski definition) is 0. The predicted octanol–water partition coefficient (Wildman–Crippen LogP) is 5.43. The first kappa shape index (κ1) is 17.6. The molecule has 98 valence electrons. The second-order valence-electron chi connectivity index (χ2n) is 2.44. The van der Waals surface area contributed by atoms with Gasteiger partial charge in [0, 0.05) is 6.55 Å². The molecule has 0 saturated carbocycles. The Labute approximate surface area is 130 Å². The van der Waals surface area contributed by atoms with Gasteiger partial charge in [-0.25, -0.2) is 0 Å². The molecule has 0 amide bonds. The molecule has 0 bridgehead atoms. The summed E-state index contributed by atoms with van der Waals surface area (Å²) in [6.07, 6.45) is 3.13. The first-order chi connectivity index (χ1) is 7.75. The van der Waals surface area contributed by atoms with Crippen molar-refractivity contribution in [2.24, 2.45) is 0 Å². The van der Waals surface area contributed by atoms with Crippen molar-refractivity contribution in [2.45, 2.75) is 6.55 Å². The molecule has 0 rings (SSSR count). The molecule has 0 aromatic heterocycles. The average Bonchev–Trinajstić information content (AvgIpc) is 2.21. The lowest BCUT2D eigenvalue weighted by Gasteiger charge is -2.21. The van der Waals surface area contributed by atoms with E-state index in [0.29, 0.717) is 0 Å². The van der Waals surface area contributed by atoms with E-state index in [2.05, 4.69) is 0 Å². The molecule has 0 spiro atoms. The van der Waals surface area contributed by atoms with E-state index in [1.54, 1.807) is 0 Å². The maximum Gasteiger partial charge on any atom is 0.694 e. The molecule has 0 atom stereocenters. The van der Waals surface area contributed by atoms with Crippen LogP contribution in [0.5, 0.6) is 0 Å². The zero-order valence-electron chi connectivity index (χ0n) is 8.22. The molecule has 0 heterocycles. The summed E-state index contributed by atoms with van der Waals surface area (Å²) >= 11 is 32.3. The van der Waals surface area contributed by atoms with Crippen molar-refractivity contribution in [3.05, 3.63) is 32.3 Å². The molecule has 0 fully saturated rings. The van der Waals surface area contributed by atoms with E-state index in [0.717, 1.165) is 18.8 Å². The lowest BCUT2D eigenvalue weighted by Crippen LogP contribution is -2.37. The number of rotatable bonds is 6. The van der Waals surface area contributed by atoms with Crippen LogP contribution in [0.15, 0.2) is 32.3 Å². The minimum Gasteiger partial charge on any atom is -0.488 e. The van der Waals surface area contributed by atoms with Crippen LogP contribution in [-0.2, 0) is 13.3 Å². The molecule has 0 aromatic carbocycles. The Morgan fingerprint density at radius 1 is 0.706 bits per heavy atom. The van der Waals surface area contributed by atoms with Crippen LogP contribution in [0.3, 0.4) is 0 Å². The van der Waals surface area contributed by atoms with Gasteiger partial charge in [0.15, 0.2) is 0 Å². The van der Waals surface area contributed by atoms with Crippen LogP contribution in [0.25, 0.3) is 0 Å². The van der Waals surface area contributed by atoms with Crippen molar-refractivity contribution in [3.8, 4) is 0 Å². The Morgan fingerprint density at radius 3 is 1.12 bits per heavy atom. The van der Waals surface area contributed by atoms with E-state index in [4.69, 9.17) is 82.9 Å². The van der Waals surface area contributed by atoms with Crippen molar-refractivity contribution in [1.82, 2.24) is 0 Å². The third-order valence-corrected chi connectivity index (χ3v) is 3.26. The Hall–Kier alpha value is 0.577. The topological polar surface area (TPSA) is 27.7 Å². The van der Waals surface area contributed by atoms with Gasteiger partial charge in [-0.2, -0.15) is 0 Å². The van der Waals surface area contributed by atoms with E-state index in [1.165, 1.54) is 6.55 Å². The summed E-state index contributed by atoms with van der Waals surface area (Å²) in [7, 11) is -3.17. The maximum atomic E-state index is 5.39. The van der Waals surface area contributed by atoms with Gasteiger partial charge in [-0.3, -0.25) is 0 Å². The Morgan fingerprint density at radius 2 is 0.941 bits per heavy atom. The molecule has 0 radical (unpaired) electrons. The van der Waals surface area contributed by atoms with Gasteiger partial charge in [-0.05, 0) is 0 Å². The van der Waals surface area contributed by atoms with E-state index < -0.39 is 8.80 Å². The molecule has 10 heteroatoms. The van der Waals surface area contributed by atoms with Gasteiger partial charge in [-0.15, -0.1) is 0 Å². The van der Waals surface area contributed by atoms with Crippen LogP contribution in [-0.4, -0.2) is 8.80 Å². The van der Waals surface area contributed by atoms with Gasteiger partial charge >= 0.3 is 8.80 Å². The van der Waals surface area contributed by atoms with E-state index in [9.17, 15) is 0 Å². The monoisotopic (exact) mass is 376 g/mol. The molecule has 17 heavy (non-hydrogen) atoms. The first-order valence-electron chi connectivity index (χ1n) is 3.82. The first-order valence-corrected chi connectivity index (χ1v) is 8.31. The third-order valence-electron chi connectivity index (χ3n) is 1.09. The molecule has 0 N–H and O–H groups in total. The predicted molar refractivity (Wildman–Crippen MR) is 74.2 cm³/mol.